The predicted octanol–water partition coefficient (Wildman–Crippen LogP) is 4.00. The Kier molecular flexibility index (Phi) is 3.07. The summed E-state index contributed by atoms with van der Waals surface area (Å²) in [5.74, 6) is 2.28. The maximum Gasteiger partial charge on any atom is 0.161 e. The Morgan fingerprint density at radius 3 is 2.47 bits per heavy atom. The highest BCUT2D eigenvalue weighted by atomic mass is 16.6. The lowest BCUT2D eigenvalue weighted by Gasteiger charge is -2.35. The van der Waals surface area contributed by atoms with E-state index in [-0.39, 0.29) is 11.5 Å². The molecule has 1 aliphatic rings. The van der Waals surface area contributed by atoms with Gasteiger partial charge in [-0.05, 0) is 23.6 Å². The van der Waals surface area contributed by atoms with Crippen LogP contribution in [-0.2, 0) is 0 Å². The number of rotatable bonds is 1. The molecule has 0 saturated carbocycles. The van der Waals surface area contributed by atoms with Gasteiger partial charge >= 0.3 is 0 Å². The molecule has 1 aliphatic heterocycles. The summed E-state index contributed by atoms with van der Waals surface area (Å²) in [6, 6.07) is 6.25. The summed E-state index contributed by atoms with van der Waals surface area (Å²) >= 11 is 0. The second kappa shape index (κ2) is 4.25. The van der Waals surface area contributed by atoms with Crippen LogP contribution in [0, 0.1) is 5.41 Å². The Morgan fingerprint density at radius 2 is 1.88 bits per heavy atom. The molecular formula is C15H22O2. The lowest BCUT2D eigenvalue weighted by atomic mass is 9.89. The topological polar surface area (TPSA) is 18.5 Å². The first-order chi connectivity index (χ1) is 7.88. The summed E-state index contributed by atoms with van der Waals surface area (Å²) in [4.78, 5) is 0. The Hall–Kier alpha value is -1.18. The zero-order chi connectivity index (χ0) is 12.6. The van der Waals surface area contributed by atoms with E-state index in [1.165, 1.54) is 5.56 Å². The van der Waals surface area contributed by atoms with Crippen molar-refractivity contribution in [2.75, 3.05) is 6.61 Å². The summed E-state index contributed by atoms with van der Waals surface area (Å²) < 4.78 is 11.8. The van der Waals surface area contributed by atoms with E-state index >= 15 is 0 Å². The fraction of sp³-hybridized carbons (Fsp3) is 0.600. The van der Waals surface area contributed by atoms with Gasteiger partial charge in [0.05, 0.1) is 0 Å². The molecule has 1 aromatic carbocycles. The third-order valence-electron chi connectivity index (χ3n) is 3.26. The molecule has 1 aromatic rings. The molecule has 94 valence electrons. The van der Waals surface area contributed by atoms with Gasteiger partial charge in [0, 0.05) is 5.41 Å². The molecule has 2 nitrogen and oxygen atoms in total. The molecule has 0 radical (unpaired) electrons. The standard InChI is InChI=1S/C15H22O2/c1-10(2)11-6-7-12-13(8-11)16-9-14(17-12)15(3,4)5/h6-8,10,14H,9H2,1-5H3. The fourth-order valence-corrected chi connectivity index (χ4v) is 1.87. The summed E-state index contributed by atoms with van der Waals surface area (Å²) in [6.45, 7) is 11.5. The largest absolute Gasteiger partial charge is 0.486 e. The van der Waals surface area contributed by atoms with Crippen molar-refractivity contribution in [1.82, 2.24) is 0 Å². The molecule has 2 rings (SSSR count). The minimum atomic E-state index is 0.106. The van der Waals surface area contributed by atoms with Crippen LogP contribution in [0.4, 0.5) is 0 Å². The summed E-state index contributed by atoms with van der Waals surface area (Å²) in [7, 11) is 0. The van der Waals surface area contributed by atoms with Crippen molar-refractivity contribution in [3.8, 4) is 11.5 Å². The van der Waals surface area contributed by atoms with Crippen LogP contribution in [0.5, 0.6) is 11.5 Å². The number of benzene rings is 1. The van der Waals surface area contributed by atoms with Crippen LogP contribution < -0.4 is 9.47 Å². The van der Waals surface area contributed by atoms with Crippen molar-refractivity contribution >= 4 is 0 Å². The van der Waals surface area contributed by atoms with Crippen LogP contribution in [0.3, 0.4) is 0 Å². The first-order valence-electron chi connectivity index (χ1n) is 6.31. The summed E-state index contributed by atoms with van der Waals surface area (Å²) in [6.07, 6.45) is 0.125. The second-order valence-corrected chi connectivity index (χ2v) is 6.14. The Bertz CT molecular complexity index is 402. The van der Waals surface area contributed by atoms with Gasteiger partial charge in [0.15, 0.2) is 11.5 Å². The molecule has 1 heterocycles. The SMILES string of the molecule is CC(C)c1ccc2c(c1)OCC(C(C)(C)C)O2. The van der Waals surface area contributed by atoms with Crippen molar-refractivity contribution in [3.63, 3.8) is 0 Å². The molecule has 0 fully saturated rings. The van der Waals surface area contributed by atoms with E-state index < -0.39 is 0 Å². The molecule has 2 heteroatoms. The smallest absolute Gasteiger partial charge is 0.161 e. The third kappa shape index (κ3) is 2.56. The molecule has 0 amide bonds. The van der Waals surface area contributed by atoms with Crippen LogP contribution in [0.15, 0.2) is 18.2 Å². The molecule has 0 bridgehead atoms. The van der Waals surface area contributed by atoms with Crippen LogP contribution in [0.1, 0.15) is 46.1 Å². The highest BCUT2D eigenvalue weighted by Crippen LogP contribution is 2.37. The molecular weight excluding hydrogens is 212 g/mol. The van der Waals surface area contributed by atoms with Gasteiger partial charge in [0.25, 0.3) is 0 Å². The van der Waals surface area contributed by atoms with Gasteiger partial charge < -0.3 is 9.47 Å². The van der Waals surface area contributed by atoms with E-state index in [4.69, 9.17) is 9.47 Å². The number of fused-ring (bicyclic) bond motifs is 1. The van der Waals surface area contributed by atoms with E-state index in [2.05, 4.69) is 46.8 Å². The predicted molar refractivity (Wildman–Crippen MR) is 69.9 cm³/mol. The van der Waals surface area contributed by atoms with E-state index in [0.717, 1.165) is 11.5 Å². The number of ether oxygens (including phenoxy) is 2. The molecule has 0 spiro atoms. The van der Waals surface area contributed by atoms with Crippen molar-refractivity contribution in [1.29, 1.82) is 0 Å². The normalized spacial score (nSPS) is 19.5. The van der Waals surface area contributed by atoms with E-state index in [1.807, 2.05) is 6.07 Å². The second-order valence-electron chi connectivity index (χ2n) is 6.14. The van der Waals surface area contributed by atoms with E-state index in [1.54, 1.807) is 0 Å². The van der Waals surface area contributed by atoms with Crippen molar-refractivity contribution < 1.29 is 9.47 Å². The molecule has 17 heavy (non-hydrogen) atoms. The average Bonchev–Trinajstić information content (AvgIpc) is 2.26. The van der Waals surface area contributed by atoms with Gasteiger partial charge in [-0.1, -0.05) is 40.7 Å². The van der Waals surface area contributed by atoms with Gasteiger partial charge in [-0.2, -0.15) is 0 Å². The Labute approximate surface area is 104 Å². The zero-order valence-electron chi connectivity index (χ0n) is 11.4. The van der Waals surface area contributed by atoms with Crippen molar-refractivity contribution in [3.05, 3.63) is 23.8 Å². The molecule has 1 atom stereocenters. The maximum absolute atomic E-state index is 6.01. The van der Waals surface area contributed by atoms with Crippen LogP contribution in [-0.4, -0.2) is 12.7 Å². The minimum Gasteiger partial charge on any atom is -0.486 e. The van der Waals surface area contributed by atoms with Crippen LogP contribution in [0.25, 0.3) is 0 Å². The first kappa shape index (κ1) is 12.3. The number of hydrogen-bond donors (Lipinski definition) is 0. The molecule has 0 N–H and O–H groups in total. The van der Waals surface area contributed by atoms with E-state index in [9.17, 15) is 0 Å². The lowest BCUT2D eigenvalue weighted by Crippen LogP contribution is -2.39. The van der Waals surface area contributed by atoms with Crippen molar-refractivity contribution in [2.24, 2.45) is 5.41 Å². The first-order valence-corrected chi connectivity index (χ1v) is 6.31. The monoisotopic (exact) mass is 234 g/mol. The molecule has 0 saturated heterocycles. The summed E-state index contributed by atoms with van der Waals surface area (Å²) in [5, 5.41) is 0. The Balaban J connectivity index is 2.23. The number of hydrogen-bond acceptors (Lipinski definition) is 2. The van der Waals surface area contributed by atoms with Crippen molar-refractivity contribution in [2.45, 2.75) is 46.6 Å². The molecule has 0 aliphatic carbocycles. The van der Waals surface area contributed by atoms with E-state index in [0.29, 0.717) is 12.5 Å². The summed E-state index contributed by atoms with van der Waals surface area (Å²) in [5.41, 5.74) is 1.40. The van der Waals surface area contributed by atoms with Gasteiger partial charge in [-0.15, -0.1) is 0 Å². The van der Waals surface area contributed by atoms with Gasteiger partial charge in [-0.3, -0.25) is 0 Å². The highest BCUT2D eigenvalue weighted by Gasteiger charge is 2.31. The van der Waals surface area contributed by atoms with Gasteiger partial charge in [0.1, 0.15) is 12.7 Å². The lowest BCUT2D eigenvalue weighted by molar-refractivity contribution is 0.0163. The fourth-order valence-electron chi connectivity index (χ4n) is 1.87. The quantitative estimate of drug-likeness (QED) is 0.731. The molecule has 0 aromatic heterocycles. The third-order valence-corrected chi connectivity index (χ3v) is 3.26. The highest BCUT2D eigenvalue weighted by molar-refractivity contribution is 5.45. The van der Waals surface area contributed by atoms with Gasteiger partial charge in [-0.25, -0.2) is 0 Å². The Morgan fingerprint density at radius 1 is 1.18 bits per heavy atom. The zero-order valence-corrected chi connectivity index (χ0v) is 11.4. The minimum absolute atomic E-state index is 0.106. The average molecular weight is 234 g/mol. The molecule has 1 unspecified atom stereocenters. The maximum atomic E-state index is 6.01. The van der Waals surface area contributed by atoms with Crippen LogP contribution >= 0.6 is 0 Å². The van der Waals surface area contributed by atoms with Crippen LogP contribution in [0.2, 0.25) is 0 Å². The van der Waals surface area contributed by atoms with Gasteiger partial charge in [0.2, 0.25) is 0 Å².